The van der Waals surface area contributed by atoms with Crippen LogP contribution in [0.15, 0.2) is 4.99 Å². The minimum atomic E-state index is -0.691. The number of nitrogens with two attached hydrogens (primary N) is 3. The lowest BCUT2D eigenvalue weighted by molar-refractivity contribution is -0.121. The first kappa shape index (κ1) is 12.2. The van der Waals surface area contributed by atoms with Crippen LogP contribution in [0, 0.1) is 11.5 Å². The lowest BCUT2D eigenvalue weighted by atomic mass is 10.1. The lowest BCUT2D eigenvalue weighted by Crippen LogP contribution is -2.38. The molecule has 7 nitrogen and oxygen atoms in total. The van der Waals surface area contributed by atoms with Gasteiger partial charge in [-0.3, -0.25) is 15.1 Å². The van der Waals surface area contributed by atoms with Gasteiger partial charge in [0.15, 0.2) is 12.2 Å². The minimum Gasteiger partial charge on any atom is -0.370 e. The van der Waals surface area contributed by atoms with E-state index in [0.717, 1.165) is 0 Å². The Hall–Kier alpha value is -1.81. The fourth-order valence-corrected chi connectivity index (χ4v) is 0.798. The quantitative estimate of drug-likeness (QED) is 0.132. The maximum absolute atomic E-state index is 10.9. The van der Waals surface area contributed by atoms with Crippen LogP contribution in [0.2, 0.25) is 0 Å². The number of aliphatic imine (C=N–C) groups is 1. The van der Waals surface area contributed by atoms with Crippen LogP contribution in [-0.4, -0.2) is 24.5 Å². The van der Waals surface area contributed by atoms with Crippen molar-refractivity contribution < 1.29 is 4.79 Å². The van der Waals surface area contributed by atoms with E-state index in [4.69, 9.17) is 22.5 Å². The third-order valence-corrected chi connectivity index (χ3v) is 1.48. The number of guanidine groups is 1. The van der Waals surface area contributed by atoms with Crippen LogP contribution >= 0.6 is 0 Å². The van der Waals surface area contributed by atoms with Gasteiger partial charge in [-0.05, 0) is 12.8 Å². The molecule has 0 aliphatic carbocycles. The van der Waals surface area contributed by atoms with Gasteiger partial charge < -0.3 is 17.2 Å². The summed E-state index contributed by atoms with van der Waals surface area (Å²) in [4.78, 5) is 14.6. The fraction of sp³-hybridized carbons (Fsp3) is 0.571. The molecule has 14 heavy (non-hydrogen) atoms. The monoisotopic (exact) mass is 198 g/mol. The number of nitrogens with one attached hydrogen (secondary N) is 1. The standard InChI is InChI=1S/C7H14N6O/c8-4-13-6(14)5(9)2-1-3-12-7(10)11/h5H,1-3,9H2,(H,13,14)(H4,10,11,12)/t5-/m0/s1. The maximum atomic E-state index is 10.9. The number of rotatable bonds is 5. The Morgan fingerprint density at radius 1 is 1.57 bits per heavy atom. The number of carbonyl (C=O) groups excluding carboxylic acids is 1. The topological polar surface area (TPSA) is 143 Å². The summed E-state index contributed by atoms with van der Waals surface area (Å²) in [6.07, 6.45) is 2.54. The molecule has 0 heterocycles. The number of hydrogen-bond acceptors (Lipinski definition) is 4. The number of carbonyl (C=O) groups is 1. The molecule has 1 atom stereocenters. The van der Waals surface area contributed by atoms with E-state index < -0.39 is 11.9 Å². The second-order valence-corrected chi connectivity index (χ2v) is 2.66. The van der Waals surface area contributed by atoms with Crippen molar-refractivity contribution in [2.75, 3.05) is 6.54 Å². The van der Waals surface area contributed by atoms with Crippen molar-refractivity contribution in [3.63, 3.8) is 0 Å². The molecule has 0 saturated carbocycles. The van der Waals surface area contributed by atoms with Crippen molar-refractivity contribution in [3.8, 4) is 6.19 Å². The van der Waals surface area contributed by atoms with E-state index in [1.807, 2.05) is 5.32 Å². The second kappa shape index (κ2) is 6.68. The van der Waals surface area contributed by atoms with Gasteiger partial charge in [0.05, 0.1) is 6.04 Å². The van der Waals surface area contributed by atoms with Gasteiger partial charge in [0.1, 0.15) is 0 Å². The summed E-state index contributed by atoms with van der Waals surface area (Å²) in [5.74, 6) is -0.475. The van der Waals surface area contributed by atoms with Gasteiger partial charge in [-0.15, -0.1) is 0 Å². The number of nitrogens with zero attached hydrogens (tertiary/aromatic N) is 2. The smallest absolute Gasteiger partial charge is 0.249 e. The Labute approximate surface area is 81.9 Å². The summed E-state index contributed by atoms with van der Waals surface area (Å²) in [6, 6.07) is -0.691. The van der Waals surface area contributed by atoms with E-state index in [2.05, 4.69) is 4.99 Å². The van der Waals surface area contributed by atoms with E-state index in [-0.39, 0.29) is 5.96 Å². The van der Waals surface area contributed by atoms with Gasteiger partial charge in [-0.1, -0.05) is 0 Å². The van der Waals surface area contributed by atoms with Crippen LogP contribution in [0.1, 0.15) is 12.8 Å². The first-order valence-electron chi connectivity index (χ1n) is 4.08. The molecule has 0 spiro atoms. The normalized spacial score (nSPS) is 11.1. The van der Waals surface area contributed by atoms with E-state index in [0.29, 0.717) is 19.4 Å². The summed E-state index contributed by atoms with van der Waals surface area (Å²) < 4.78 is 0. The number of hydrogen-bond donors (Lipinski definition) is 4. The molecule has 0 unspecified atom stereocenters. The molecule has 0 aromatic carbocycles. The van der Waals surface area contributed by atoms with Gasteiger partial charge in [-0.2, -0.15) is 5.26 Å². The Bertz CT molecular complexity index is 251. The zero-order valence-corrected chi connectivity index (χ0v) is 7.73. The Balaban J connectivity index is 3.65. The van der Waals surface area contributed by atoms with Crippen LogP contribution in [0.3, 0.4) is 0 Å². The van der Waals surface area contributed by atoms with Gasteiger partial charge in [0, 0.05) is 6.54 Å². The van der Waals surface area contributed by atoms with Gasteiger partial charge in [-0.25, -0.2) is 0 Å². The minimum absolute atomic E-state index is 0.0139. The summed E-state index contributed by atoms with van der Waals surface area (Å²) in [5.41, 5.74) is 15.6. The second-order valence-electron chi connectivity index (χ2n) is 2.66. The average Bonchev–Trinajstić information content (AvgIpc) is 2.12. The fourth-order valence-electron chi connectivity index (χ4n) is 0.798. The maximum Gasteiger partial charge on any atom is 0.249 e. The zero-order valence-electron chi connectivity index (χ0n) is 7.73. The highest BCUT2D eigenvalue weighted by Gasteiger charge is 2.11. The number of amides is 1. The van der Waals surface area contributed by atoms with Crippen molar-refractivity contribution in [2.45, 2.75) is 18.9 Å². The molecular weight excluding hydrogens is 184 g/mol. The van der Waals surface area contributed by atoms with Crippen LogP contribution < -0.4 is 22.5 Å². The van der Waals surface area contributed by atoms with Crippen molar-refractivity contribution in [1.82, 2.24) is 5.32 Å². The van der Waals surface area contributed by atoms with Crippen LogP contribution in [0.25, 0.3) is 0 Å². The molecule has 0 saturated heterocycles. The Kier molecular flexibility index (Phi) is 5.82. The molecule has 7 N–H and O–H groups in total. The molecule has 0 bridgehead atoms. The van der Waals surface area contributed by atoms with Crippen molar-refractivity contribution in [3.05, 3.63) is 0 Å². The van der Waals surface area contributed by atoms with Gasteiger partial charge in [0.25, 0.3) is 0 Å². The first-order chi connectivity index (χ1) is 6.57. The molecule has 0 aliphatic heterocycles. The highest BCUT2D eigenvalue weighted by molar-refractivity contribution is 5.82. The van der Waals surface area contributed by atoms with E-state index in [1.54, 1.807) is 0 Å². The van der Waals surface area contributed by atoms with E-state index >= 15 is 0 Å². The summed E-state index contributed by atoms with van der Waals surface area (Å²) in [6.45, 7) is 0.426. The van der Waals surface area contributed by atoms with E-state index in [9.17, 15) is 4.79 Å². The van der Waals surface area contributed by atoms with Crippen molar-refractivity contribution in [2.24, 2.45) is 22.2 Å². The van der Waals surface area contributed by atoms with E-state index in [1.165, 1.54) is 6.19 Å². The predicted molar refractivity (Wildman–Crippen MR) is 51.6 cm³/mol. The third-order valence-electron chi connectivity index (χ3n) is 1.48. The molecular formula is C7H14N6O. The molecule has 0 aliphatic rings. The Morgan fingerprint density at radius 2 is 2.21 bits per heavy atom. The third kappa shape index (κ3) is 5.79. The van der Waals surface area contributed by atoms with Crippen molar-refractivity contribution >= 4 is 11.9 Å². The summed E-state index contributed by atoms with van der Waals surface area (Å²) in [7, 11) is 0. The summed E-state index contributed by atoms with van der Waals surface area (Å²) in [5, 5.41) is 10.1. The molecule has 0 rings (SSSR count). The predicted octanol–water partition coefficient (Wildman–Crippen LogP) is -2.04. The largest absolute Gasteiger partial charge is 0.370 e. The lowest BCUT2D eigenvalue weighted by Gasteiger charge is -2.06. The molecule has 0 radical (unpaired) electrons. The van der Waals surface area contributed by atoms with Crippen LogP contribution in [0.5, 0.6) is 0 Å². The highest BCUT2D eigenvalue weighted by atomic mass is 16.2. The molecule has 0 fully saturated rings. The Morgan fingerprint density at radius 3 is 2.71 bits per heavy atom. The molecule has 1 amide bonds. The zero-order chi connectivity index (χ0) is 11.0. The average molecular weight is 198 g/mol. The van der Waals surface area contributed by atoms with Crippen LogP contribution in [-0.2, 0) is 4.79 Å². The molecule has 78 valence electrons. The molecule has 7 heteroatoms. The SMILES string of the molecule is N#CNC(=O)[C@@H](N)CCCN=C(N)N. The van der Waals surface area contributed by atoms with Gasteiger partial charge >= 0.3 is 0 Å². The summed E-state index contributed by atoms with van der Waals surface area (Å²) >= 11 is 0. The van der Waals surface area contributed by atoms with Crippen molar-refractivity contribution in [1.29, 1.82) is 5.26 Å². The number of nitriles is 1. The first-order valence-corrected chi connectivity index (χ1v) is 4.08. The molecule has 0 aromatic rings. The molecule has 0 aromatic heterocycles. The van der Waals surface area contributed by atoms with Gasteiger partial charge in [0.2, 0.25) is 5.91 Å². The van der Waals surface area contributed by atoms with Crippen LogP contribution in [0.4, 0.5) is 0 Å². The highest BCUT2D eigenvalue weighted by Crippen LogP contribution is 1.94.